The summed E-state index contributed by atoms with van der Waals surface area (Å²) in [5.74, 6) is 1.20. The number of aromatic amines is 1. The molecular formula is C10H8ClN7. The zero-order valence-electron chi connectivity index (χ0n) is 9.13. The maximum absolute atomic E-state index is 5.87. The maximum Gasteiger partial charge on any atom is 0.224 e. The van der Waals surface area contributed by atoms with E-state index in [9.17, 15) is 0 Å². The van der Waals surface area contributed by atoms with E-state index in [-0.39, 0.29) is 5.28 Å². The minimum atomic E-state index is 0.198. The van der Waals surface area contributed by atoms with Crippen LogP contribution in [0.1, 0.15) is 5.82 Å². The van der Waals surface area contributed by atoms with E-state index in [0.717, 1.165) is 10.9 Å². The number of halogens is 1. The van der Waals surface area contributed by atoms with Crippen LogP contribution in [0.25, 0.3) is 10.9 Å². The van der Waals surface area contributed by atoms with Gasteiger partial charge in [0.25, 0.3) is 0 Å². The topological polar surface area (TPSA) is 92.3 Å². The molecule has 0 spiro atoms. The van der Waals surface area contributed by atoms with Crippen LogP contribution in [0.15, 0.2) is 24.3 Å². The molecule has 18 heavy (non-hydrogen) atoms. The summed E-state index contributed by atoms with van der Waals surface area (Å²) >= 11 is 5.87. The van der Waals surface area contributed by atoms with Gasteiger partial charge in [-0.15, -0.1) is 10.2 Å². The molecule has 0 fully saturated rings. The van der Waals surface area contributed by atoms with Gasteiger partial charge in [0.05, 0.1) is 12.1 Å². The summed E-state index contributed by atoms with van der Waals surface area (Å²) in [5.41, 5.74) is 0.785. The second-order valence-corrected chi connectivity index (χ2v) is 3.88. The number of para-hydroxylation sites is 1. The van der Waals surface area contributed by atoms with Crippen molar-refractivity contribution in [2.45, 2.75) is 6.54 Å². The number of aromatic nitrogens is 6. The second kappa shape index (κ2) is 4.53. The van der Waals surface area contributed by atoms with Crippen LogP contribution in [0.5, 0.6) is 0 Å². The molecule has 1 aromatic carbocycles. The highest BCUT2D eigenvalue weighted by Crippen LogP contribution is 2.21. The van der Waals surface area contributed by atoms with Crippen LogP contribution in [0.3, 0.4) is 0 Å². The summed E-state index contributed by atoms with van der Waals surface area (Å²) in [6.07, 6.45) is 0. The highest BCUT2D eigenvalue weighted by molar-refractivity contribution is 6.28. The number of fused-ring (bicyclic) bond motifs is 1. The van der Waals surface area contributed by atoms with Crippen molar-refractivity contribution in [3.8, 4) is 0 Å². The summed E-state index contributed by atoms with van der Waals surface area (Å²) in [6.45, 7) is 0.411. The molecule has 0 aliphatic carbocycles. The minimum Gasteiger partial charge on any atom is -0.362 e. The molecule has 2 N–H and O–H groups in total. The first kappa shape index (κ1) is 10.8. The molecule has 0 aliphatic heterocycles. The van der Waals surface area contributed by atoms with Gasteiger partial charge in [-0.25, -0.2) is 9.97 Å². The Morgan fingerprint density at radius 3 is 2.94 bits per heavy atom. The smallest absolute Gasteiger partial charge is 0.224 e. The van der Waals surface area contributed by atoms with Crippen LogP contribution in [0.2, 0.25) is 5.28 Å². The number of rotatable bonds is 3. The van der Waals surface area contributed by atoms with Gasteiger partial charge in [-0.1, -0.05) is 17.3 Å². The predicted octanol–water partition coefficient (Wildman–Crippen LogP) is 1.41. The monoisotopic (exact) mass is 261 g/mol. The molecule has 0 atom stereocenters. The van der Waals surface area contributed by atoms with Crippen molar-refractivity contribution in [2.24, 2.45) is 0 Å². The van der Waals surface area contributed by atoms with Crippen molar-refractivity contribution in [1.29, 1.82) is 0 Å². The summed E-state index contributed by atoms with van der Waals surface area (Å²) in [4.78, 5) is 8.30. The van der Waals surface area contributed by atoms with Gasteiger partial charge >= 0.3 is 0 Å². The number of nitrogens with one attached hydrogen (secondary N) is 2. The summed E-state index contributed by atoms with van der Waals surface area (Å²) in [6, 6.07) is 7.61. The molecule has 3 aromatic rings. The van der Waals surface area contributed by atoms with Crippen molar-refractivity contribution < 1.29 is 0 Å². The van der Waals surface area contributed by atoms with Crippen molar-refractivity contribution in [2.75, 3.05) is 5.32 Å². The van der Waals surface area contributed by atoms with E-state index in [0.29, 0.717) is 18.2 Å². The van der Waals surface area contributed by atoms with Crippen molar-refractivity contribution >= 4 is 28.3 Å². The molecule has 0 aliphatic rings. The Morgan fingerprint density at radius 1 is 1.22 bits per heavy atom. The Kier molecular flexibility index (Phi) is 2.73. The Labute approximate surface area is 107 Å². The van der Waals surface area contributed by atoms with Crippen LogP contribution >= 0.6 is 11.6 Å². The Balaban J connectivity index is 1.95. The lowest BCUT2D eigenvalue weighted by atomic mass is 10.2. The number of hydrogen-bond donors (Lipinski definition) is 2. The van der Waals surface area contributed by atoms with E-state index in [1.165, 1.54) is 0 Å². The number of anilines is 1. The molecule has 8 heteroatoms. The molecule has 0 bridgehead atoms. The normalized spacial score (nSPS) is 10.7. The van der Waals surface area contributed by atoms with Crippen LogP contribution in [-0.4, -0.2) is 30.6 Å². The lowest BCUT2D eigenvalue weighted by Crippen LogP contribution is -2.04. The lowest BCUT2D eigenvalue weighted by molar-refractivity contribution is 0.881. The van der Waals surface area contributed by atoms with Crippen molar-refractivity contribution in [3.05, 3.63) is 35.4 Å². The third-order valence-electron chi connectivity index (χ3n) is 2.38. The molecular weight excluding hydrogens is 254 g/mol. The van der Waals surface area contributed by atoms with Gasteiger partial charge in [0, 0.05) is 5.39 Å². The fraction of sp³-hybridized carbons (Fsp3) is 0.100. The van der Waals surface area contributed by atoms with Crippen LogP contribution in [0.4, 0.5) is 5.82 Å². The average Bonchev–Trinajstić information content (AvgIpc) is 2.89. The van der Waals surface area contributed by atoms with Gasteiger partial charge < -0.3 is 5.32 Å². The van der Waals surface area contributed by atoms with Gasteiger partial charge in [0.2, 0.25) is 5.28 Å². The van der Waals surface area contributed by atoms with E-state index in [1.807, 2.05) is 24.3 Å². The maximum atomic E-state index is 5.87. The summed E-state index contributed by atoms with van der Waals surface area (Å²) < 4.78 is 0. The molecule has 7 nitrogen and oxygen atoms in total. The highest BCUT2D eigenvalue weighted by Gasteiger charge is 2.06. The zero-order chi connectivity index (χ0) is 12.4. The van der Waals surface area contributed by atoms with Gasteiger partial charge in [0.1, 0.15) is 5.82 Å². The molecule has 0 saturated carbocycles. The highest BCUT2D eigenvalue weighted by atomic mass is 35.5. The lowest BCUT2D eigenvalue weighted by Gasteiger charge is -2.06. The molecule has 2 aromatic heterocycles. The van der Waals surface area contributed by atoms with E-state index in [1.54, 1.807) is 0 Å². The van der Waals surface area contributed by atoms with E-state index in [4.69, 9.17) is 11.6 Å². The van der Waals surface area contributed by atoms with Gasteiger partial charge in [-0.2, -0.15) is 5.21 Å². The van der Waals surface area contributed by atoms with E-state index >= 15 is 0 Å². The molecule has 2 heterocycles. The molecule has 0 radical (unpaired) electrons. The van der Waals surface area contributed by atoms with Gasteiger partial charge in [-0.05, 0) is 23.7 Å². The predicted molar refractivity (Wildman–Crippen MR) is 66.1 cm³/mol. The SMILES string of the molecule is Clc1nc(NCc2nn[nH]n2)c2ccccc2n1. The fourth-order valence-electron chi connectivity index (χ4n) is 1.60. The summed E-state index contributed by atoms with van der Waals surface area (Å²) in [7, 11) is 0. The van der Waals surface area contributed by atoms with Crippen LogP contribution in [-0.2, 0) is 6.54 Å². The average molecular weight is 262 g/mol. The standard InChI is InChI=1S/C10H8ClN7/c11-10-13-7-4-2-1-3-6(7)9(14-10)12-5-8-15-17-18-16-8/h1-4H,5H2,(H,12,13,14)(H,15,16,17,18). The summed E-state index contributed by atoms with van der Waals surface area (Å²) in [5, 5.41) is 17.8. The number of nitrogens with zero attached hydrogens (tertiary/aromatic N) is 5. The second-order valence-electron chi connectivity index (χ2n) is 3.54. The molecule has 3 rings (SSSR count). The van der Waals surface area contributed by atoms with Crippen molar-refractivity contribution in [1.82, 2.24) is 30.6 Å². The first-order valence-corrected chi connectivity index (χ1v) is 5.59. The Hall–Kier alpha value is -2.28. The first-order valence-electron chi connectivity index (χ1n) is 5.21. The Morgan fingerprint density at radius 2 is 2.11 bits per heavy atom. The minimum absolute atomic E-state index is 0.198. The quantitative estimate of drug-likeness (QED) is 0.693. The number of tetrazole rings is 1. The number of benzene rings is 1. The first-order chi connectivity index (χ1) is 8.83. The van der Waals surface area contributed by atoms with E-state index < -0.39 is 0 Å². The number of H-pyrrole nitrogens is 1. The number of hydrogen-bond acceptors (Lipinski definition) is 6. The fourth-order valence-corrected chi connectivity index (χ4v) is 1.78. The third kappa shape index (κ3) is 2.07. The van der Waals surface area contributed by atoms with Gasteiger partial charge in [0.15, 0.2) is 5.82 Å². The largest absolute Gasteiger partial charge is 0.362 e. The molecule has 0 saturated heterocycles. The van der Waals surface area contributed by atoms with Crippen molar-refractivity contribution in [3.63, 3.8) is 0 Å². The van der Waals surface area contributed by atoms with Crippen LogP contribution < -0.4 is 5.32 Å². The molecule has 0 amide bonds. The Bertz CT molecular complexity index is 667. The molecule has 0 unspecified atom stereocenters. The molecule has 90 valence electrons. The van der Waals surface area contributed by atoms with Crippen LogP contribution in [0, 0.1) is 0 Å². The zero-order valence-corrected chi connectivity index (χ0v) is 9.89. The van der Waals surface area contributed by atoms with E-state index in [2.05, 4.69) is 35.9 Å². The third-order valence-corrected chi connectivity index (χ3v) is 2.55. The van der Waals surface area contributed by atoms with Gasteiger partial charge in [-0.3, -0.25) is 0 Å².